The van der Waals surface area contributed by atoms with Crippen molar-refractivity contribution < 1.29 is 9.84 Å². The van der Waals surface area contributed by atoms with E-state index in [4.69, 9.17) is 16.3 Å². The molecule has 0 bridgehead atoms. The number of methoxy groups -OCH3 is 1. The molecule has 0 aliphatic carbocycles. The van der Waals surface area contributed by atoms with Crippen LogP contribution in [0.25, 0.3) is 21.3 Å². The van der Waals surface area contributed by atoms with Gasteiger partial charge in [-0.25, -0.2) is 4.98 Å². The molecule has 1 aromatic carbocycles. The van der Waals surface area contributed by atoms with E-state index >= 15 is 0 Å². The Morgan fingerprint density at radius 3 is 2.62 bits per heavy atom. The molecule has 0 saturated carbocycles. The molecule has 1 N–H and O–H groups in total. The van der Waals surface area contributed by atoms with E-state index in [-0.39, 0.29) is 11.9 Å². The number of likely N-dealkylation sites (N-methyl/N-ethyl adjacent to an activating group) is 1. The number of nitrogens with zero attached hydrogens (tertiary/aromatic N) is 3. The Morgan fingerprint density at radius 2 is 2.00 bits per heavy atom. The molecule has 5 nitrogen and oxygen atoms in total. The molecule has 0 fully saturated rings. The van der Waals surface area contributed by atoms with Crippen molar-refractivity contribution in [3.63, 3.8) is 0 Å². The lowest BCUT2D eigenvalue weighted by molar-refractivity contribution is 0.302. The summed E-state index contributed by atoms with van der Waals surface area (Å²) in [4.78, 5) is 11.6. The van der Waals surface area contributed by atoms with Crippen LogP contribution in [0, 0.1) is 0 Å². The molecular weight excluding hydrogens is 346 g/mol. The molecule has 7 heteroatoms. The van der Waals surface area contributed by atoms with Gasteiger partial charge in [0, 0.05) is 24.0 Å². The monoisotopic (exact) mass is 363 g/mol. The highest BCUT2D eigenvalue weighted by Gasteiger charge is 2.18. The van der Waals surface area contributed by atoms with Gasteiger partial charge >= 0.3 is 0 Å². The number of halogens is 1. The summed E-state index contributed by atoms with van der Waals surface area (Å²) >= 11 is 7.64. The standard InChI is InChI=1S/C17H18ClN3O2S/c1-3-21(8-9-22)15-14-13(10-24-16(14)20-17(18)19-15)11-4-6-12(23-2)7-5-11/h4-7,10,22H,3,8-9H2,1-2H3. The Bertz CT molecular complexity index is 836. The number of hydrogen-bond donors (Lipinski definition) is 1. The van der Waals surface area contributed by atoms with Gasteiger partial charge < -0.3 is 14.7 Å². The number of thiophene rings is 1. The smallest absolute Gasteiger partial charge is 0.225 e. The van der Waals surface area contributed by atoms with Crippen molar-refractivity contribution in [3.05, 3.63) is 34.9 Å². The summed E-state index contributed by atoms with van der Waals surface area (Å²) in [5.41, 5.74) is 2.12. The summed E-state index contributed by atoms with van der Waals surface area (Å²) in [6, 6.07) is 7.89. The van der Waals surface area contributed by atoms with E-state index in [9.17, 15) is 5.11 Å². The summed E-state index contributed by atoms with van der Waals surface area (Å²) in [6.45, 7) is 3.30. The average Bonchev–Trinajstić information content (AvgIpc) is 3.02. The van der Waals surface area contributed by atoms with E-state index in [1.807, 2.05) is 36.1 Å². The van der Waals surface area contributed by atoms with E-state index in [2.05, 4.69) is 15.3 Å². The third-order valence-electron chi connectivity index (χ3n) is 3.84. The minimum atomic E-state index is 0.0545. The molecule has 2 aromatic heterocycles. The Kier molecular flexibility index (Phi) is 5.18. The van der Waals surface area contributed by atoms with Gasteiger partial charge in [-0.05, 0) is 36.2 Å². The van der Waals surface area contributed by atoms with Crippen LogP contribution in [0.5, 0.6) is 5.75 Å². The molecule has 3 aromatic rings. The minimum absolute atomic E-state index is 0.0545. The Morgan fingerprint density at radius 1 is 1.25 bits per heavy atom. The number of aliphatic hydroxyl groups excluding tert-OH is 1. The summed E-state index contributed by atoms with van der Waals surface area (Å²) in [5, 5.41) is 12.6. The quantitative estimate of drug-likeness (QED) is 0.674. The van der Waals surface area contributed by atoms with E-state index in [0.717, 1.165) is 39.5 Å². The molecule has 24 heavy (non-hydrogen) atoms. The van der Waals surface area contributed by atoms with Crippen LogP contribution in [-0.4, -0.2) is 41.9 Å². The summed E-state index contributed by atoms with van der Waals surface area (Å²) in [5.74, 6) is 1.57. The zero-order chi connectivity index (χ0) is 17.1. The number of ether oxygens (including phenoxy) is 1. The fourth-order valence-electron chi connectivity index (χ4n) is 2.64. The van der Waals surface area contributed by atoms with Gasteiger partial charge in [0.25, 0.3) is 0 Å². The van der Waals surface area contributed by atoms with Gasteiger partial charge in [-0.2, -0.15) is 4.98 Å². The van der Waals surface area contributed by atoms with Crippen molar-refractivity contribution in [2.24, 2.45) is 0 Å². The van der Waals surface area contributed by atoms with Crippen LogP contribution in [0.3, 0.4) is 0 Å². The molecule has 0 radical (unpaired) electrons. The van der Waals surface area contributed by atoms with Crippen LogP contribution in [0.2, 0.25) is 5.28 Å². The number of aliphatic hydroxyl groups is 1. The highest BCUT2D eigenvalue weighted by Crippen LogP contribution is 2.39. The molecule has 0 spiro atoms. The van der Waals surface area contributed by atoms with Crippen LogP contribution in [0.1, 0.15) is 6.92 Å². The predicted molar refractivity (Wildman–Crippen MR) is 99.4 cm³/mol. The maximum Gasteiger partial charge on any atom is 0.225 e. The summed E-state index contributed by atoms with van der Waals surface area (Å²) in [7, 11) is 1.65. The zero-order valence-corrected chi connectivity index (χ0v) is 15.1. The van der Waals surface area contributed by atoms with Gasteiger partial charge in [0.15, 0.2) is 0 Å². The summed E-state index contributed by atoms with van der Waals surface area (Å²) in [6.07, 6.45) is 0. The number of benzene rings is 1. The van der Waals surface area contributed by atoms with Gasteiger partial charge in [0.2, 0.25) is 5.28 Å². The summed E-state index contributed by atoms with van der Waals surface area (Å²) < 4.78 is 5.23. The molecule has 0 aliphatic rings. The van der Waals surface area contributed by atoms with E-state index < -0.39 is 0 Å². The van der Waals surface area contributed by atoms with Gasteiger partial charge in [-0.15, -0.1) is 11.3 Å². The second-order valence-corrected chi connectivity index (χ2v) is 6.37. The van der Waals surface area contributed by atoms with Crippen molar-refractivity contribution in [1.82, 2.24) is 9.97 Å². The number of fused-ring (bicyclic) bond motifs is 1. The zero-order valence-electron chi connectivity index (χ0n) is 13.5. The Hall–Kier alpha value is -1.89. The van der Waals surface area contributed by atoms with Crippen molar-refractivity contribution >= 4 is 39.0 Å². The SMILES string of the molecule is CCN(CCO)c1nc(Cl)nc2scc(-c3ccc(OC)cc3)c12. The van der Waals surface area contributed by atoms with Crippen LogP contribution < -0.4 is 9.64 Å². The minimum Gasteiger partial charge on any atom is -0.497 e. The molecule has 0 atom stereocenters. The first-order valence-corrected chi connectivity index (χ1v) is 8.88. The van der Waals surface area contributed by atoms with Crippen LogP contribution in [-0.2, 0) is 0 Å². The molecule has 0 saturated heterocycles. The third kappa shape index (κ3) is 3.17. The molecule has 2 heterocycles. The lowest BCUT2D eigenvalue weighted by Crippen LogP contribution is -2.27. The molecule has 126 valence electrons. The van der Waals surface area contributed by atoms with Gasteiger partial charge in [-0.1, -0.05) is 12.1 Å². The molecule has 0 unspecified atom stereocenters. The van der Waals surface area contributed by atoms with Crippen LogP contribution in [0.4, 0.5) is 5.82 Å². The number of anilines is 1. The normalized spacial score (nSPS) is 11.0. The fraction of sp³-hybridized carbons (Fsp3) is 0.294. The first kappa shape index (κ1) is 17.0. The predicted octanol–water partition coefficient (Wildman–Crippen LogP) is 3.84. The Balaban J connectivity index is 2.18. The van der Waals surface area contributed by atoms with Crippen molar-refractivity contribution in [2.45, 2.75) is 6.92 Å². The number of rotatable bonds is 6. The number of hydrogen-bond acceptors (Lipinski definition) is 6. The second-order valence-electron chi connectivity index (χ2n) is 5.18. The first-order chi connectivity index (χ1) is 11.7. The largest absolute Gasteiger partial charge is 0.497 e. The lowest BCUT2D eigenvalue weighted by atomic mass is 10.1. The number of aromatic nitrogens is 2. The molecule has 0 amide bonds. The lowest BCUT2D eigenvalue weighted by Gasteiger charge is -2.22. The Labute approximate surface area is 149 Å². The maximum atomic E-state index is 9.34. The highest BCUT2D eigenvalue weighted by molar-refractivity contribution is 7.17. The molecule has 3 rings (SSSR count). The van der Waals surface area contributed by atoms with Gasteiger partial charge in [-0.3, -0.25) is 0 Å². The third-order valence-corrected chi connectivity index (χ3v) is 4.88. The van der Waals surface area contributed by atoms with Crippen molar-refractivity contribution in [1.29, 1.82) is 0 Å². The van der Waals surface area contributed by atoms with Crippen LogP contribution in [0.15, 0.2) is 29.6 Å². The second kappa shape index (κ2) is 7.34. The topological polar surface area (TPSA) is 58.5 Å². The van der Waals surface area contributed by atoms with E-state index in [0.29, 0.717) is 6.54 Å². The van der Waals surface area contributed by atoms with Gasteiger partial charge in [0.05, 0.1) is 19.1 Å². The van der Waals surface area contributed by atoms with Crippen LogP contribution >= 0.6 is 22.9 Å². The fourth-order valence-corrected chi connectivity index (χ4v) is 3.80. The molecular formula is C17H18ClN3O2S. The molecule has 0 aliphatic heterocycles. The van der Waals surface area contributed by atoms with E-state index in [1.165, 1.54) is 11.3 Å². The highest BCUT2D eigenvalue weighted by atomic mass is 35.5. The van der Waals surface area contributed by atoms with E-state index in [1.54, 1.807) is 7.11 Å². The van der Waals surface area contributed by atoms with Crippen molar-refractivity contribution in [2.75, 3.05) is 31.7 Å². The first-order valence-electron chi connectivity index (χ1n) is 7.63. The average molecular weight is 364 g/mol. The maximum absolute atomic E-state index is 9.34. The van der Waals surface area contributed by atoms with Crippen molar-refractivity contribution in [3.8, 4) is 16.9 Å². The van der Waals surface area contributed by atoms with Gasteiger partial charge in [0.1, 0.15) is 16.4 Å².